The first-order valence-electron chi connectivity index (χ1n) is 7.46. The summed E-state index contributed by atoms with van der Waals surface area (Å²) in [6.07, 6.45) is 0. The number of aromatic amines is 1. The number of nitrogens with zero attached hydrogens (tertiary/aromatic N) is 2. The summed E-state index contributed by atoms with van der Waals surface area (Å²) in [6.45, 7) is 1.71. The van der Waals surface area contributed by atoms with Gasteiger partial charge in [0.1, 0.15) is 11.6 Å². The van der Waals surface area contributed by atoms with Crippen LogP contribution in [0, 0.1) is 12.7 Å². The molecule has 0 radical (unpaired) electrons. The van der Waals surface area contributed by atoms with E-state index in [1.807, 2.05) is 0 Å². The molecule has 128 valence electrons. The smallest absolute Gasteiger partial charge is 0.280 e. The fourth-order valence-corrected chi connectivity index (χ4v) is 2.24. The fraction of sp³-hybridized carbons (Fsp3) is 0.118. The van der Waals surface area contributed by atoms with Crippen molar-refractivity contribution in [2.75, 3.05) is 17.7 Å². The standard InChI is InChI=1S/C17H16FN5O2/c1-10-9-11(18)3-8-14(10)20-17(24)15-16(22-23-21-15)19-12-4-6-13(25-2)7-5-12/h3-9H,1-2H3,(H,20,24)(H2,19,21,22,23). The number of benzene rings is 2. The van der Waals surface area contributed by atoms with Crippen molar-refractivity contribution < 1.29 is 13.9 Å². The van der Waals surface area contributed by atoms with Crippen LogP contribution in [0.1, 0.15) is 16.1 Å². The van der Waals surface area contributed by atoms with Gasteiger partial charge in [-0.2, -0.15) is 5.21 Å². The molecule has 1 heterocycles. The van der Waals surface area contributed by atoms with Crippen molar-refractivity contribution >= 4 is 23.1 Å². The van der Waals surface area contributed by atoms with Crippen LogP contribution >= 0.6 is 0 Å². The molecule has 0 atom stereocenters. The van der Waals surface area contributed by atoms with Crippen LogP contribution in [0.5, 0.6) is 5.75 Å². The monoisotopic (exact) mass is 341 g/mol. The van der Waals surface area contributed by atoms with Crippen LogP contribution in [0.4, 0.5) is 21.6 Å². The number of rotatable bonds is 5. The van der Waals surface area contributed by atoms with Crippen LogP contribution in [0.25, 0.3) is 0 Å². The molecule has 7 nitrogen and oxygen atoms in total. The fourth-order valence-electron chi connectivity index (χ4n) is 2.24. The van der Waals surface area contributed by atoms with Crippen molar-refractivity contribution in [1.29, 1.82) is 0 Å². The zero-order valence-corrected chi connectivity index (χ0v) is 13.6. The van der Waals surface area contributed by atoms with E-state index in [1.165, 1.54) is 18.2 Å². The number of halogens is 1. The molecule has 8 heteroatoms. The van der Waals surface area contributed by atoms with E-state index in [9.17, 15) is 9.18 Å². The third kappa shape index (κ3) is 3.74. The van der Waals surface area contributed by atoms with Gasteiger partial charge in [0.05, 0.1) is 7.11 Å². The molecule has 0 bridgehead atoms. The second-order valence-electron chi connectivity index (χ2n) is 5.29. The summed E-state index contributed by atoms with van der Waals surface area (Å²) in [6, 6.07) is 11.3. The molecular formula is C17H16FN5O2. The zero-order valence-electron chi connectivity index (χ0n) is 13.6. The van der Waals surface area contributed by atoms with Crippen LogP contribution in [0.15, 0.2) is 42.5 Å². The number of carbonyl (C=O) groups excluding carboxylic acids is 1. The van der Waals surface area contributed by atoms with Crippen molar-refractivity contribution in [1.82, 2.24) is 15.4 Å². The quantitative estimate of drug-likeness (QED) is 0.662. The predicted octanol–water partition coefficient (Wildman–Crippen LogP) is 3.26. The van der Waals surface area contributed by atoms with Gasteiger partial charge in [-0.15, -0.1) is 10.2 Å². The SMILES string of the molecule is COc1ccc(Nc2n[nH]nc2C(=O)Nc2ccc(F)cc2C)cc1. The average Bonchev–Trinajstić information content (AvgIpc) is 3.06. The van der Waals surface area contributed by atoms with Crippen LogP contribution < -0.4 is 15.4 Å². The highest BCUT2D eigenvalue weighted by Crippen LogP contribution is 2.22. The van der Waals surface area contributed by atoms with E-state index in [4.69, 9.17) is 4.74 Å². The third-order valence-electron chi connectivity index (χ3n) is 3.55. The Kier molecular flexibility index (Phi) is 4.60. The number of methoxy groups -OCH3 is 1. The van der Waals surface area contributed by atoms with Gasteiger partial charge in [-0.1, -0.05) is 0 Å². The molecule has 1 aromatic heterocycles. The highest BCUT2D eigenvalue weighted by atomic mass is 19.1. The minimum atomic E-state index is -0.459. The lowest BCUT2D eigenvalue weighted by molar-refractivity contribution is 0.102. The van der Waals surface area contributed by atoms with Gasteiger partial charge >= 0.3 is 0 Å². The van der Waals surface area contributed by atoms with Gasteiger partial charge in [-0.3, -0.25) is 4.79 Å². The molecule has 0 spiro atoms. The second-order valence-corrected chi connectivity index (χ2v) is 5.29. The third-order valence-corrected chi connectivity index (χ3v) is 3.55. The summed E-state index contributed by atoms with van der Waals surface area (Å²) in [5, 5.41) is 16.0. The van der Waals surface area contributed by atoms with E-state index in [1.54, 1.807) is 38.3 Å². The number of amides is 1. The number of anilines is 3. The first-order valence-corrected chi connectivity index (χ1v) is 7.46. The van der Waals surface area contributed by atoms with Crippen LogP contribution in [0.3, 0.4) is 0 Å². The Morgan fingerprint density at radius 1 is 1.16 bits per heavy atom. The van der Waals surface area contributed by atoms with Crippen molar-refractivity contribution in [3.8, 4) is 5.75 Å². The Bertz CT molecular complexity index is 892. The number of hydrogen-bond acceptors (Lipinski definition) is 5. The van der Waals surface area contributed by atoms with Crippen LogP contribution in [-0.4, -0.2) is 28.4 Å². The predicted molar refractivity (Wildman–Crippen MR) is 91.7 cm³/mol. The Balaban J connectivity index is 1.76. The van der Waals surface area contributed by atoms with E-state index in [0.717, 1.165) is 11.4 Å². The highest BCUT2D eigenvalue weighted by molar-refractivity contribution is 6.06. The highest BCUT2D eigenvalue weighted by Gasteiger charge is 2.17. The van der Waals surface area contributed by atoms with Crippen molar-refractivity contribution in [3.05, 3.63) is 59.5 Å². The van der Waals surface area contributed by atoms with Crippen LogP contribution in [-0.2, 0) is 0 Å². The maximum atomic E-state index is 13.2. The molecule has 0 saturated heterocycles. The Hall–Kier alpha value is -3.42. The first kappa shape index (κ1) is 16.4. The van der Waals surface area contributed by atoms with E-state index in [0.29, 0.717) is 11.3 Å². The van der Waals surface area contributed by atoms with E-state index >= 15 is 0 Å². The largest absolute Gasteiger partial charge is 0.497 e. The molecule has 0 fully saturated rings. The molecule has 0 saturated carbocycles. The maximum absolute atomic E-state index is 13.2. The lowest BCUT2D eigenvalue weighted by atomic mass is 10.2. The summed E-state index contributed by atoms with van der Waals surface area (Å²) in [7, 11) is 1.58. The van der Waals surface area contributed by atoms with Gasteiger partial charge in [0.25, 0.3) is 5.91 Å². The number of H-pyrrole nitrogens is 1. The summed E-state index contributed by atoms with van der Waals surface area (Å²) in [4.78, 5) is 12.4. The van der Waals surface area contributed by atoms with Gasteiger partial charge in [-0.05, 0) is 55.0 Å². The molecule has 1 amide bonds. The average molecular weight is 341 g/mol. The summed E-state index contributed by atoms with van der Waals surface area (Å²) < 4.78 is 18.3. The van der Waals surface area contributed by atoms with E-state index < -0.39 is 5.91 Å². The Labute approximate surface area is 143 Å². The number of hydrogen-bond donors (Lipinski definition) is 3. The minimum Gasteiger partial charge on any atom is -0.497 e. The normalized spacial score (nSPS) is 10.4. The van der Waals surface area contributed by atoms with Gasteiger partial charge in [-0.25, -0.2) is 4.39 Å². The van der Waals surface area contributed by atoms with Gasteiger partial charge in [0.15, 0.2) is 11.5 Å². The molecule has 0 aliphatic carbocycles. The molecule has 0 aliphatic rings. The molecule has 3 rings (SSSR count). The molecule has 0 unspecified atom stereocenters. The Morgan fingerprint density at radius 3 is 2.60 bits per heavy atom. The summed E-state index contributed by atoms with van der Waals surface area (Å²) >= 11 is 0. The van der Waals surface area contributed by atoms with Gasteiger partial charge in [0, 0.05) is 11.4 Å². The second kappa shape index (κ2) is 7.00. The van der Waals surface area contributed by atoms with Crippen molar-refractivity contribution in [2.45, 2.75) is 6.92 Å². The van der Waals surface area contributed by atoms with Gasteiger partial charge in [0.2, 0.25) is 0 Å². The van der Waals surface area contributed by atoms with Crippen LogP contribution in [0.2, 0.25) is 0 Å². The number of aryl methyl sites for hydroxylation is 1. The molecular weight excluding hydrogens is 325 g/mol. The topological polar surface area (TPSA) is 91.9 Å². The number of aromatic nitrogens is 3. The molecule has 2 aromatic carbocycles. The lowest BCUT2D eigenvalue weighted by Crippen LogP contribution is -2.15. The summed E-state index contributed by atoms with van der Waals surface area (Å²) in [5.74, 6) is 0.177. The number of ether oxygens (including phenoxy) is 1. The number of carbonyl (C=O) groups is 1. The van der Waals surface area contributed by atoms with Gasteiger partial charge < -0.3 is 15.4 Å². The Morgan fingerprint density at radius 2 is 1.92 bits per heavy atom. The van der Waals surface area contributed by atoms with Crippen molar-refractivity contribution in [3.63, 3.8) is 0 Å². The van der Waals surface area contributed by atoms with Crippen molar-refractivity contribution in [2.24, 2.45) is 0 Å². The lowest BCUT2D eigenvalue weighted by Gasteiger charge is -2.09. The maximum Gasteiger partial charge on any atom is 0.280 e. The minimum absolute atomic E-state index is 0.0968. The van der Waals surface area contributed by atoms with E-state index in [2.05, 4.69) is 26.0 Å². The molecule has 25 heavy (non-hydrogen) atoms. The molecule has 3 N–H and O–H groups in total. The molecule has 0 aliphatic heterocycles. The molecule has 3 aromatic rings. The summed E-state index contributed by atoms with van der Waals surface area (Å²) in [5.41, 5.74) is 1.94. The number of nitrogens with one attached hydrogen (secondary N) is 3. The van der Waals surface area contributed by atoms with E-state index in [-0.39, 0.29) is 17.3 Å². The zero-order chi connectivity index (χ0) is 17.8. The first-order chi connectivity index (χ1) is 12.1.